The molecule has 0 saturated carbocycles. The van der Waals surface area contributed by atoms with Crippen LogP contribution in [0.4, 0.5) is 20.2 Å². The van der Waals surface area contributed by atoms with Crippen LogP contribution in [-0.4, -0.2) is 30.8 Å². The van der Waals surface area contributed by atoms with Crippen LogP contribution < -0.4 is 10.0 Å². The van der Waals surface area contributed by atoms with Crippen LogP contribution in [0.15, 0.2) is 53.7 Å². The van der Waals surface area contributed by atoms with Crippen LogP contribution in [-0.2, 0) is 21.4 Å². The van der Waals surface area contributed by atoms with Crippen LogP contribution in [0, 0.1) is 11.6 Å². The number of hydrogen-bond acceptors (Lipinski definition) is 5. The van der Waals surface area contributed by atoms with Gasteiger partial charge in [-0.05, 0) is 42.3 Å². The number of benzene rings is 2. The molecule has 0 atom stereocenters. The lowest BCUT2D eigenvalue weighted by Crippen LogP contribution is -2.25. The first-order valence-electron chi connectivity index (χ1n) is 10.3. The average Bonchev–Trinajstić information content (AvgIpc) is 3.22. The molecule has 0 saturated heterocycles. The second kappa shape index (κ2) is 9.47. The van der Waals surface area contributed by atoms with Gasteiger partial charge in [-0.25, -0.2) is 17.2 Å². The molecule has 0 unspecified atom stereocenters. The van der Waals surface area contributed by atoms with Gasteiger partial charge in [-0.1, -0.05) is 30.7 Å². The molecule has 1 amide bonds. The molecule has 2 heterocycles. The van der Waals surface area contributed by atoms with E-state index >= 15 is 0 Å². The number of aliphatic imine (C=N–C) groups is 1. The number of carbonyl (C=O) groups is 1. The number of aromatic nitrogens is 1. The molecule has 4 rings (SSSR count). The molecule has 2 N–H and O–H groups in total. The highest BCUT2D eigenvalue weighted by Gasteiger charge is 2.27. The number of anilines is 2. The second-order valence-corrected chi connectivity index (χ2v) is 9.83. The van der Waals surface area contributed by atoms with Crippen LogP contribution in [0.25, 0.3) is 11.1 Å². The summed E-state index contributed by atoms with van der Waals surface area (Å²) in [7, 11) is -3.82. The topological polar surface area (TPSA) is 101 Å². The number of amides is 1. The molecule has 0 fully saturated rings. The number of pyridine rings is 1. The Labute approximate surface area is 200 Å². The summed E-state index contributed by atoms with van der Waals surface area (Å²) in [6.07, 6.45) is 1.96. The minimum atomic E-state index is -3.82. The number of nitrogens with one attached hydrogen (secondary N) is 2. The van der Waals surface area contributed by atoms with Gasteiger partial charge in [0, 0.05) is 22.3 Å². The molecular formula is C23H19ClF2N4O3S. The van der Waals surface area contributed by atoms with Gasteiger partial charge in [0.05, 0.1) is 23.7 Å². The summed E-state index contributed by atoms with van der Waals surface area (Å²) in [4.78, 5) is 21.4. The van der Waals surface area contributed by atoms with E-state index in [0.29, 0.717) is 28.3 Å². The molecule has 3 aromatic rings. The van der Waals surface area contributed by atoms with Crippen LogP contribution in [0.1, 0.15) is 24.6 Å². The van der Waals surface area contributed by atoms with Crippen LogP contribution in [0.2, 0.25) is 5.02 Å². The van der Waals surface area contributed by atoms with Gasteiger partial charge < -0.3 is 5.32 Å². The number of hydrogen-bond donors (Lipinski definition) is 2. The average molecular weight is 505 g/mol. The maximum absolute atomic E-state index is 14.9. The van der Waals surface area contributed by atoms with Crippen molar-refractivity contribution in [1.82, 2.24) is 4.98 Å². The van der Waals surface area contributed by atoms with Crippen molar-refractivity contribution >= 4 is 44.6 Å². The van der Waals surface area contributed by atoms with Gasteiger partial charge in [0.2, 0.25) is 10.0 Å². The summed E-state index contributed by atoms with van der Waals surface area (Å²) < 4.78 is 55.4. The Morgan fingerprint density at radius 3 is 2.56 bits per heavy atom. The van der Waals surface area contributed by atoms with Crippen molar-refractivity contribution in [2.45, 2.75) is 19.9 Å². The SMILES string of the molecule is CCCS(=O)(=O)Nc1ccc(F)c(NC(=O)C2=NCc3ncc(-c4ccc(Cl)cc4)cc32)c1F. The lowest BCUT2D eigenvalue weighted by molar-refractivity contribution is -0.110. The fourth-order valence-electron chi connectivity index (χ4n) is 3.46. The molecule has 176 valence electrons. The normalized spacial score (nSPS) is 12.8. The molecule has 0 aliphatic carbocycles. The van der Waals surface area contributed by atoms with Crippen molar-refractivity contribution < 1.29 is 22.0 Å². The standard InChI is InChI=1S/C23H19ClF2N4O3S/c1-2-9-34(32,33)30-18-8-7-17(25)22(20(18)26)29-23(31)21-16-10-14(11-27-19(16)12-28-21)13-3-5-15(24)6-4-13/h3-8,10-11,30H,2,9,12H2,1H3,(H,29,31). The zero-order valence-electron chi connectivity index (χ0n) is 17.9. The van der Waals surface area contributed by atoms with Crippen molar-refractivity contribution in [3.8, 4) is 11.1 Å². The Morgan fingerprint density at radius 2 is 1.85 bits per heavy atom. The van der Waals surface area contributed by atoms with Gasteiger partial charge in [-0.2, -0.15) is 0 Å². The predicted octanol–water partition coefficient (Wildman–Crippen LogP) is 4.77. The summed E-state index contributed by atoms with van der Waals surface area (Å²) in [6.45, 7) is 1.79. The third-order valence-corrected chi connectivity index (χ3v) is 6.80. The van der Waals surface area contributed by atoms with Crippen LogP contribution in [0.5, 0.6) is 0 Å². The van der Waals surface area contributed by atoms with E-state index in [-0.39, 0.29) is 18.0 Å². The van der Waals surface area contributed by atoms with E-state index in [1.165, 1.54) is 0 Å². The van der Waals surface area contributed by atoms with Gasteiger partial charge in [-0.15, -0.1) is 0 Å². The van der Waals surface area contributed by atoms with E-state index < -0.39 is 38.9 Å². The lowest BCUT2D eigenvalue weighted by atomic mass is 10.0. The largest absolute Gasteiger partial charge is 0.316 e. The number of nitrogens with zero attached hydrogens (tertiary/aromatic N) is 2. The Morgan fingerprint density at radius 1 is 1.12 bits per heavy atom. The molecule has 7 nitrogen and oxygen atoms in total. The van der Waals surface area contributed by atoms with E-state index in [1.807, 2.05) is 0 Å². The highest BCUT2D eigenvalue weighted by atomic mass is 35.5. The first kappa shape index (κ1) is 23.8. The molecule has 2 aromatic carbocycles. The molecule has 0 radical (unpaired) electrons. The molecular weight excluding hydrogens is 486 g/mol. The van der Waals surface area contributed by atoms with Crippen molar-refractivity contribution in [3.63, 3.8) is 0 Å². The van der Waals surface area contributed by atoms with Crippen LogP contribution >= 0.6 is 11.6 Å². The minimum absolute atomic E-state index is 0.0333. The first-order valence-corrected chi connectivity index (χ1v) is 12.3. The number of halogens is 3. The molecule has 0 bridgehead atoms. The number of rotatable bonds is 7. The minimum Gasteiger partial charge on any atom is -0.316 e. The molecule has 1 aromatic heterocycles. The third-order valence-electron chi connectivity index (χ3n) is 5.07. The van der Waals surface area contributed by atoms with Gasteiger partial charge >= 0.3 is 0 Å². The Bertz CT molecular complexity index is 1410. The van der Waals surface area contributed by atoms with Crippen molar-refractivity contribution in [1.29, 1.82) is 0 Å². The molecule has 1 aliphatic rings. The van der Waals surface area contributed by atoms with E-state index in [9.17, 15) is 22.0 Å². The van der Waals surface area contributed by atoms with E-state index in [2.05, 4.69) is 20.0 Å². The number of fused-ring (bicyclic) bond motifs is 1. The second-order valence-electron chi connectivity index (χ2n) is 7.55. The molecule has 11 heteroatoms. The van der Waals surface area contributed by atoms with E-state index in [4.69, 9.17) is 11.6 Å². The number of sulfonamides is 1. The summed E-state index contributed by atoms with van der Waals surface area (Å²) in [5.41, 5.74) is 1.23. The quantitative estimate of drug-likeness (QED) is 0.484. The van der Waals surface area contributed by atoms with Crippen molar-refractivity contribution in [2.75, 3.05) is 15.8 Å². The van der Waals surface area contributed by atoms with E-state index in [1.54, 1.807) is 43.5 Å². The zero-order valence-corrected chi connectivity index (χ0v) is 19.5. The predicted molar refractivity (Wildman–Crippen MR) is 128 cm³/mol. The molecule has 0 spiro atoms. The van der Waals surface area contributed by atoms with E-state index in [0.717, 1.165) is 17.7 Å². The zero-order chi connectivity index (χ0) is 24.5. The highest BCUT2D eigenvalue weighted by molar-refractivity contribution is 7.92. The third kappa shape index (κ3) is 4.92. The molecule has 1 aliphatic heterocycles. The van der Waals surface area contributed by atoms with Crippen molar-refractivity contribution in [2.24, 2.45) is 4.99 Å². The molecule has 34 heavy (non-hydrogen) atoms. The summed E-state index contributed by atoms with van der Waals surface area (Å²) in [5, 5.41) is 2.76. The maximum Gasteiger partial charge on any atom is 0.274 e. The van der Waals surface area contributed by atoms with Gasteiger partial charge in [-0.3, -0.25) is 19.5 Å². The summed E-state index contributed by atoms with van der Waals surface area (Å²) >= 11 is 5.94. The number of carbonyl (C=O) groups excluding carboxylic acids is 1. The summed E-state index contributed by atoms with van der Waals surface area (Å²) in [5.74, 6) is -3.38. The van der Waals surface area contributed by atoms with Crippen molar-refractivity contribution in [3.05, 3.63) is 76.6 Å². The Balaban J connectivity index is 1.61. The fraction of sp³-hybridized carbons (Fsp3) is 0.174. The van der Waals surface area contributed by atoms with Crippen LogP contribution in [0.3, 0.4) is 0 Å². The highest BCUT2D eigenvalue weighted by Crippen LogP contribution is 2.29. The maximum atomic E-state index is 14.9. The Hall–Kier alpha value is -3.37. The monoisotopic (exact) mass is 504 g/mol. The van der Waals surface area contributed by atoms with Gasteiger partial charge in [0.1, 0.15) is 17.2 Å². The fourth-order valence-corrected chi connectivity index (χ4v) is 4.72. The lowest BCUT2D eigenvalue weighted by Gasteiger charge is -2.13. The smallest absolute Gasteiger partial charge is 0.274 e. The first-order chi connectivity index (χ1) is 16.2. The summed E-state index contributed by atoms with van der Waals surface area (Å²) in [6, 6.07) is 10.6. The van der Waals surface area contributed by atoms with Gasteiger partial charge in [0.15, 0.2) is 5.82 Å². The Kier molecular flexibility index (Phi) is 6.63. The van der Waals surface area contributed by atoms with Gasteiger partial charge in [0.25, 0.3) is 5.91 Å².